The number of piperidine rings is 1. The van der Waals surface area contributed by atoms with Crippen LogP contribution in [0.3, 0.4) is 0 Å². The van der Waals surface area contributed by atoms with E-state index < -0.39 is 0 Å². The third kappa shape index (κ3) is 3.55. The Morgan fingerprint density at radius 1 is 1.21 bits per heavy atom. The molecule has 9 nitrogen and oxygen atoms in total. The highest BCUT2D eigenvalue weighted by molar-refractivity contribution is 5.95. The van der Waals surface area contributed by atoms with Crippen LogP contribution in [0, 0.1) is 13.8 Å². The molecule has 0 spiro atoms. The first-order chi connectivity index (χ1) is 13.5. The maximum Gasteiger partial charge on any atom is 0.259 e. The molecule has 1 saturated heterocycles. The van der Waals surface area contributed by atoms with E-state index in [4.69, 9.17) is 4.52 Å². The molecule has 9 heteroatoms. The minimum Gasteiger partial charge on any atom is -0.338 e. The Morgan fingerprint density at radius 2 is 2.00 bits per heavy atom. The Kier molecular flexibility index (Phi) is 4.72. The molecule has 3 aromatic heterocycles. The van der Waals surface area contributed by atoms with Crippen LogP contribution >= 0.6 is 0 Å². The number of H-pyrrole nitrogens is 1. The molecule has 0 atom stereocenters. The van der Waals surface area contributed by atoms with Gasteiger partial charge in [0.15, 0.2) is 5.82 Å². The number of amides is 1. The van der Waals surface area contributed by atoms with Crippen molar-refractivity contribution in [1.82, 2.24) is 30.0 Å². The number of nitrogens with zero attached hydrogens (tertiary/aromatic N) is 5. The van der Waals surface area contributed by atoms with Crippen LogP contribution in [0.15, 0.2) is 33.8 Å². The van der Waals surface area contributed by atoms with Crippen molar-refractivity contribution in [2.75, 3.05) is 13.1 Å². The van der Waals surface area contributed by atoms with Gasteiger partial charge in [0.1, 0.15) is 5.82 Å². The molecule has 4 rings (SSSR count). The first kappa shape index (κ1) is 18.0. The largest absolute Gasteiger partial charge is 0.338 e. The van der Waals surface area contributed by atoms with Crippen LogP contribution in [0.2, 0.25) is 0 Å². The molecule has 0 saturated carbocycles. The second-order valence-corrected chi connectivity index (χ2v) is 6.88. The van der Waals surface area contributed by atoms with Crippen LogP contribution in [0.1, 0.15) is 46.5 Å². The molecule has 4 heterocycles. The summed E-state index contributed by atoms with van der Waals surface area (Å²) in [6.07, 6.45) is 4.65. The molecule has 1 amide bonds. The number of aromatic nitrogens is 5. The first-order valence-corrected chi connectivity index (χ1v) is 9.13. The van der Waals surface area contributed by atoms with Crippen LogP contribution in [0.5, 0.6) is 0 Å². The van der Waals surface area contributed by atoms with Crippen molar-refractivity contribution in [3.05, 3.63) is 57.8 Å². The lowest BCUT2D eigenvalue weighted by atomic mass is 9.95. The molecule has 1 aliphatic heterocycles. The van der Waals surface area contributed by atoms with Crippen molar-refractivity contribution in [3.8, 4) is 11.5 Å². The molecule has 0 bridgehead atoms. The summed E-state index contributed by atoms with van der Waals surface area (Å²) in [6.45, 7) is 4.85. The van der Waals surface area contributed by atoms with Crippen LogP contribution < -0.4 is 5.56 Å². The number of carbonyl (C=O) groups excluding carboxylic acids is 1. The topological polar surface area (TPSA) is 118 Å². The highest BCUT2D eigenvalue weighted by Gasteiger charge is 2.28. The van der Waals surface area contributed by atoms with Gasteiger partial charge in [-0.2, -0.15) is 4.98 Å². The number of nitrogens with one attached hydrogen (secondary N) is 1. The van der Waals surface area contributed by atoms with Crippen LogP contribution in [0.4, 0.5) is 0 Å². The smallest absolute Gasteiger partial charge is 0.259 e. The Hall–Kier alpha value is -3.36. The summed E-state index contributed by atoms with van der Waals surface area (Å²) in [5.41, 5.74) is 1.72. The zero-order chi connectivity index (χ0) is 19.7. The highest BCUT2D eigenvalue weighted by atomic mass is 16.5. The standard InChI is InChI=1S/C19H20N6O3/c1-11-15(10-20-12(2)22-11)19(27)25-7-5-13(6-8-25)17-23-18(28-24-17)14-3-4-16(26)21-9-14/h3-4,9-10,13H,5-8H2,1-2H3,(H,21,26). The number of pyridine rings is 1. The number of likely N-dealkylation sites (tertiary alicyclic amines) is 1. The van der Waals surface area contributed by atoms with Crippen molar-refractivity contribution < 1.29 is 9.32 Å². The van der Waals surface area contributed by atoms with Gasteiger partial charge < -0.3 is 14.4 Å². The number of aryl methyl sites for hydroxylation is 2. The normalized spacial score (nSPS) is 15.0. The summed E-state index contributed by atoms with van der Waals surface area (Å²) in [6, 6.07) is 3.06. The average molecular weight is 380 g/mol. The monoisotopic (exact) mass is 380 g/mol. The highest BCUT2D eigenvalue weighted by Crippen LogP contribution is 2.28. The molecule has 0 radical (unpaired) electrons. The fraction of sp³-hybridized carbons (Fsp3) is 0.368. The van der Waals surface area contributed by atoms with Gasteiger partial charge in [0.05, 0.1) is 16.8 Å². The van der Waals surface area contributed by atoms with Gasteiger partial charge in [-0.25, -0.2) is 9.97 Å². The Morgan fingerprint density at radius 3 is 2.68 bits per heavy atom. The number of hydrogen-bond acceptors (Lipinski definition) is 7. The average Bonchev–Trinajstić information content (AvgIpc) is 3.18. The van der Waals surface area contributed by atoms with Gasteiger partial charge in [0.2, 0.25) is 5.56 Å². The lowest BCUT2D eigenvalue weighted by Crippen LogP contribution is -2.38. The summed E-state index contributed by atoms with van der Waals surface area (Å²) in [5.74, 6) is 1.74. The van der Waals surface area contributed by atoms with E-state index in [1.807, 2.05) is 11.8 Å². The van der Waals surface area contributed by atoms with E-state index in [1.54, 1.807) is 25.4 Å². The predicted octanol–water partition coefficient (Wildman–Crippen LogP) is 1.85. The molecule has 3 aromatic rings. The summed E-state index contributed by atoms with van der Waals surface area (Å²) in [5, 5.41) is 4.09. The minimum absolute atomic E-state index is 0.0435. The van der Waals surface area contributed by atoms with Gasteiger partial charge in [0.25, 0.3) is 11.8 Å². The zero-order valence-corrected chi connectivity index (χ0v) is 15.7. The van der Waals surface area contributed by atoms with E-state index in [-0.39, 0.29) is 17.4 Å². The van der Waals surface area contributed by atoms with Crippen LogP contribution in [-0.4, -0.2) is 49.0 Å². The van der Waals surface area contributed by atoms with Crippen molar-refractivity contribution in [1.29, 1.82) is 0 Å². The fourth-order valence-corrected chi connectivity index (χ4v) is 3.37. The third-order valence-corrected chi connectivity index (χ3v) is 4.95. The van der Waals surface area contributed by atoms with Crippen LogP contribution in [0.25, 0.3) is 11.5 Å². The van der Waals surface area contributed by atoms with Gasteiger partial charge in [-0.1, -0.05) is 5.16 Å². The van der Waals surface area contributed by atoms with Crippen molar-refractivity contribution >= 4 is 5.91 Å². The molecule has 0 aliphatic carbocycles. The first-order valence-electron chi connectivity index (χ1n) is 9.13. The van der Waals surface area contributed by atoms with E-state index in [2.05, 4.69) is 25.1 Å². The number of rotatable bonds is 3. The van der Waals surface area contributed by atoms with Crippen molar-refractivity contribution in [2.45, 2.75) is 32.6 Å². The quantitative estimate of drug-likeness (QED) is 0.736. The van der Waals surface area contributed by atoms with Crippen LogP contribution in [-0.2, 0) is 0 Å². The Bertz CT molecular complexity index is 1050. The molecule has 1 N–H and O–H groups in total. The predicted molar refractivity (Wildman–Crippen MR) is 99.7 cm³/mol. The molecule has 144 valence electrons. The summed E-state index contributed by atoms with van der Waals surface area (Å²) < 4.78 is 5.33. The summed E-state index contributed by atoms with van der Waals surface area (Å²) >= 11 is 0. The number of carbonyl (C=O) groups is 1. The second kappa shape index (κ2) is 7.34. The number of aromatic amines is 1. The van der Waals surface area contributed by atoms with E-state index in [9.17, 15) is 9.59 Å². The molecule has 0 unspecified atom stereocenters. The van der Waals surface area contributed by atoms with E-state index >= 15 is 0 Å². The second-order valence-electron chi connectivity index (χ2n) is 6.88. The molecular weight excluding hydrogens is 360 g/mol. The number of hydrogen-bond donors (Lipinski definition) is 1. The lowest BCUT2D eigenvalue weighted by molar-refractivity contribution is 0.0709. The fourth-order valence-electron chi connectivity index (χ4n) is 3.37. The van der Waals surface area contributed by atoms with E-state index in [0.29, 0.717) is 47.4 Å². The van der Waals surface area contributed by atoms with Gasteiger partial charge >= 0.3 is 0 Å². The lowest BCUT2D eigenvalue weighted by Gasteiger charge is -2.30. The molecule has 28 heavy (non-hydrogen) atoms. The minimum atomic E-state index is -0.185. The SMILES string of the molecule is Cc1ncc(C(=O)N2CCC(c3noc(-c4ccc(=O)[nH]c4)n3)CC2)c(C)n1. The Balaban J connectivity index is 1.42. The zero-order valence-electron chi connectivity index (χ0n) is 15.7. The van der Waals surface area contributed by atoms with E-state index in [1.165, 1.54) is 6.07 Å². The maximum atomic E-state index is 12.8. The summed E-state index contributed by atoms with van der Waals surface area (Å²) in [7, 11) is 0. The third-order valence-electron chi connectivity index (χ3n) is 4.95. The maximum absolute atomic E-state index is 12.8. The summed E-state index contributed by atoms with van der Waals surface area (Å²) in [4.78, 5) is 41.2. The molecular formula is C19H20N6O3. The molecule has 1 aliphatic rings. The van der Waals surface area contributed by atoms with Crippen molar-refractivity contribution in [2.24, 2.45) is 0 Å². The van der Waals surface area contributed by atoms with Gasteiger partial charge in [-0.3, -0.25) is 9.59 Å². The molecule has 0 aromatic carbocycles. The van der Waals surface area contributed by atoms with Crippen molar-refractivity contribution in [3.63, 3.8) is 0 Å². The Labute approximate surface area is 160 Å². The van der Waals surface area contributed by atoms with Gasteiger partial charge in [-0.05, 0) is 32.8 Å². The van der Waals surface area contributed by atoms with Gasteiger partial charge in [-0.15, -0.1) is 0 Å². The van der Waals surface area contributed by atoms with Gasteiger partial charge in [0, 0.05) is 37.5 Å². The molecule has 1 fully saturated rings. The van der Waals surface area contributed by atoms with E-state index in [0.717, 1.165) is 12.8 Å².